The Morgan fingerprint density at radius 2 is 2.00 bits per heavy atom. The number of hydrogen-bond acceptors (Lipinski definition) is 2. The van der Waals surface area contributed by atoms with Gasteiger partial charge in [0.1, 0.15) is 0 Å². The third-order valence-electron chi connectivity index (χ3n) is 4.38. The molecule has 1 aliphatic rings. The number of piperazine rings is 1. The van der Waals surface area contributed by atoms with Crippen LogP contribution in [0.5, 0.6) is 0 Å². The highest BCUT2D eigenvalue weighted by Gasteiger charge is 2.29. The number of benzene rings is 1. The molecule has 4 heteroatoms. The molecule has 1 N–H and O–H groups in total. The number of rotatable bonds is 4. The van der Waals surface area contributed by atoms with E-state index in [0.29, 0.717) is 18.0 Å². The Morgan fingerprint density at radius 3 is 2.60 bits per heavy atom. The van der Waals surface area contributed by atoms with Crippen molar-refractivity contribution in [1.29, 1.82) is 0 Å². The first-order valence-corrected chi connectivity index (χ1v) is 8.18. The topological polar surface area (TPSA) is 15.3 Å². The fourth-order valence-electron chi connectivity index (χ4n) is 2.90. The molecule has 1 heterocycles. The summed E-state index contributed by atoms with van der Waals surface area (Å²) in [7, 11) is 0. The molecule has 3 unspecified atom stereocenters. The van der Waals surface area contributed by atoms with Gasteiger partial charge in [-0.15, -0.1) is 0 Å². The fraction of sp³-hybridized carbons (Fsp3) is 0.625. The summed E-state index contributed by atoms with van der Waals surface area (Å²) in [4.78, 5) is 2.53. The normalized spacial score (nSPS) is 25.6. The SMILES string of the molecule is CCC(C)C1CNC(C)CN1Cc1c(Cl)cccc1Cl. The zero-order valence-corrected chi connectivity index (χ0v) is 14.0. The van der Waals surface area contributed by atoms with E-state index >= 15 is 0 Å². The molecule has 112 valence electrons. The maximum atomic E-state index is 6.32. The zero-order chi connectivity index (χ0) is 14.7. The average Bonchev–Trinajstić information content (AvgIpc) is 2.42. The third-order valence-corrected chi connectivity index (χ3v) is 5.08. The molecule has 0 aromatic heterocycles. The van der Waals surface area contributed by atoms with E-state index in [1.54, 1.807) is 0 Å². The van der Waals surface area contributed by atoms with E-state index in [9.17, 15) is 0 Å². The molecule has 2 rings (SSSR count). The smallest absolute Gasteiger partial charge is 0.0465 e. The first-order chi connectivity index (χ1) is 9.52. The van der Waals surface area contributed by atoms with Gasteiger partial charge in [0.15, 0.2) is 0 Å². The zero-order valence-electron chi connectivity index (χ0n) is 12.5. The molecule has 2 nitrogen and oxygen atoms in total. The summed E-state index contributed by atoms with van der Waals surface area (Å²) >= 11 is 12.6. The summed E-state index contributed by atoms with van der Waals surface area (Å²) in [5, 5.41) is 5.12. The van der Waals surface area contributed by atoms with Crippen LogP contribution in [-0.2, 0) is 6.54 Å². The van der Waals surface area contributed by atoms with Gasteiger partial charge in [-0.3, -0.25) is 4.90 Å². The van der Waals surface area contributed by atoms with E-state index < -0.39 is 0 Å². The minimum atomic E-state index is 0.511. The molecule has 1 aromatic carbocycles. The second kappa shape index (κ2) is 7.13. The van der Waals surface area contributed by atoms with Crippen molar-refractivity contribution in [3.05, 3.63) is 33.8 Å². The van der Waals surface area contributed by atoms with Gasteiger partial charge < -0.3 is 5.32 Å². The van der Waals surface area contributed by atoms with Crippen LogP contribution in [0.15, 0.2) is 18.2 Å². The van der Waals surface area contributed by atoms with Crippen LogP contribution in [0.4, 0.5) is 0 Å². The van der Waals surface area contributed by atoms with Crippen molar-refractivity contribution >= 4 is 23.2 Å². The molecule has 3 atom stereocenters. The summed E-state index contributed by atoms with van der Waals surface area (Å²) in [5.74, 6) is 0.663. The van der Waals surface area contributed by atoms with Gasteiger partial charge in [-0.2, -0.15) is 0 Å². The molecule has 0 bridgehead atoms. The Bertz CT molecular complexity index is 430. The Labute approximate surface area is 132 Å². The van der Waals surface area contributed by atoms with Crippen LogP contribution in [0.1, 0.15) is 32.8 Å². The molecule has 1 aliphatic heterocycles. The van der Waals surface area contributed by atoms with E-state index in [1.807, 2.05) is 18.2 Å². The van der Waals surface area contributed by atoms with Crippen LogP contribution in [0, 0.1) is 5.92 Å². The quantitative estimate of drug-likeness (QED) is 0.896. The maximum Gasteiger partial charge on any atom is 0.0465 e. The highest BCUT2D eigenvalue weighted by Crippen LogP contribution is 2.28. The van der Waals surface area contributed by atoms with Crippen LogP contribution >= 0.6 is 23.2 Å². The van der Waals surface area contributed by atoms with Gasteiger partial charge in [-0.1, -0.05) is 49.5 Å². The minimum absolute atomic E-state index is 0.511. The fourth-order valence-corrected chi connectivity index (χ4v) is 3.42. The number of nitrogens with zero attached hydrogens (tertiary/aromatic N) is 1. The summed E-state index contributed by atoms with van der Waals surface area (Å²) in [6.07, 6.45) is 1.19. The highest BCUT2D eigenvalue weighted by molar-refractivity contribution is 6.35. The van der Waals surface area contributed by atoms with Crippen LogP contribution in [0.3, 0.4) is 0 Å². The van der Waals surface area contributed by atoms with Crippen LogP contribution < -0.4 is 5.32 Å². The van der Waals surface area contributed by atoms with Crippen molar-refractivity contribution < 1.29 is 0 Å². The Balaban J connectivity index is 2.19. The lowest BCUT2D eigenvalue weighted by Crippen LogP contribution is -2.57. The third kappa shape index (κ3) is 3.67. The van der Waals surface area contributed by atoms with Gasteiger partial charge in [0, 0.05) is 47.3 Å². The van der Waals surface area contributed by atoms with Gasteiger partial charge >= 0.3 is 0 Å². The second-order valence-electron chi connectivity index (χ2n) is 5.89. The van der Waals surface area contributed by atoms with Crippen LogP contribution in [-0.4, -0.2) is 30.1 Å². The largest absolute Gasteiger partial charge is 0.311 e. The highest BCUT2D eigenvalue weighted by atomic mass is 35.5. The lowest BCUT2D eigenvalue weighted by molar-refractivity contribution is 0.0886. The number of hydrogen-bond donors (Lipinski definition) is 1. The standard InChI is InChI=1S/C16H24Cl2N2/c1-4-11(2)16-8-19-12(3)9-20(16)10-13-14(17)6-5-7-15(13)18/h5-7,11-12,16,19H,4,8-10H2,1-3H3. The molecule has 0 radical (unpaired) electrons. The Hall–Kier alpha value is -0.280. The maximum absolute atomic E-state index is 6.32. The average molecular weight is 315 g/mol. The molecular weight excluding hydrogens is 291 g/mol. The van der Waals surface area contributed by atoms with Gasteiger partial charge in [-0.25, -0.2) is 0 Å². The van der Waals surface area contributed by atoms with Crippen molar-refractivity contribution in [1.82, 2.24) is 10.2 Å². The number of halogens is 2. The molecule has 20 heavy (non-hydrogen) atoms. The summed E-state index contributed by atoms with van der Waals surface area (Å²) in [6, 6.07) is 6.81. The first-order valence-electron chi connectivity index (χ1n) is 7.43. The summed E-state index contributed by atoms with van der Waals surface area (Å²) < 4.78 is 0. The van der Waals surface area contributed by atoms with E-state index in [-0.39, 0.29) is 0 Å². The van der Waals surface area contributed by atoms with Crippen molar-refractivity contribution in [2.75, 3.05) is 13.1 Å². The molecule has 0 amide bonds. The van der Waals surface area contributed by atoms with E-state index in [1.165, 1.54) is 6.42 Å². The molecule has 1 fully saturated rings. The van der Waals surface area contributed by atoms with Gasteiger partial charge in [0.25, 0.3) is 0 Å². The summed E-state index contributed by atoms with van der Waals surface area (Å²) in [5.41, 5.74) is 1.05. The minimum Gasteiger partial charge on any atom is -0.311 e. The molecule has 0 spiro atoms. The molecular formula is C16H24Cl2N2. The Kier molecular flexibility index (Phi) is 5.74. The predicted molar refractivity (Wildman–Crippen MR) is 87.6 cm³/mol. The van der Waals surface area contributed by atoms with Crippen LogP contribution in [0.25, 0.3) is 0 Å². The Morgan fingerprint density at radius 1 is 1.35 bits per heavy atom. The second-order valence-corrected chi connectivity index (χ2v) is 6.71. The van der Waals surface area contributed by atoms with Crippen LogP contribution in [0.2, 0.25) is 10.0 Å². The first kappa shape index (κ1) is 16.1. The summed E-state index contributed by atoms with van der Waals surface area (Å²) in [6.45, 7) is 9.72. The van der Waals surface area contributed by atoms with Gasteiger partial charge in [-0.05, 0) is 25.0 Å². The molecule has 0 aliphatic carbocycles. The van der Waals surface area contributed by atoms with E-state index in [0.717, 1.165) is 35.2 Å². The van der Waals surface area contributed by atoms with Crippen molar-refractivity contribution in [3.8, 4) is 0 Å². The van der Waals surface area contributed by atoms with Crippen molar-refractivity contribution in [2.24, 2.45) is 5.92 Å². The van der Waals surface area contributed by atoms with Gasteiger partial charge in [0.2, 0.25) is 0 Å². The number of nitrogens with one attached hydrogen (secondary N) is 1. The molecule has 1 aromatic rings. The van der Waals surface area contributed by atoms with Crippen molar-refractivity contribution in [2.45, 2.75) is 45.8 Å². The van der Waals surface area contributed by atoms with E-state index in [4.69, 9.17) is 23.2 Å². The van der Waals surface area contributed by atoms with E-state index in [2.05, 4.69) is 31.0 Å². The van der Waals surface area contributed by atoms with Crippen molar-refractivity contribution in [3.63, 3.8) is 0 Å². The molecule has 0 saturated carbocycles. The lowest BCUT2D eigenvalue weighted by Gasteiger charge is -2.42. The van der Waals surface area contributed by atoms with Gasteiger partial charge in [0.05, 0.1) is 0 Å². The predicted octanol–water partition coefficient (Wildman–Crippen LogP) is 4.20. The monoisotopic (exact) mass is 314 g/mol. The molecule has 1 saturated heterocycles. The lowest BCUT2D eigenvalue weighted by atomic mass is 9.94.